The van der Waals surface area contributed by atoms with Crippen LogP contribution >= 0.6 is 0 Å². The molecule has 1 heterocycles. The van der Waals surface area contributed by atoms with Crippen LogP contribution in [-0.4, -0.2) is 48.8 Å². The van der Waals surface area contributed by atoms with Gasteiger partial charge >= 0.3 is 0 Å². The molecular weight excluding hydrogens is 212 g/mol. The van der Waals surface area contributed by atoms with Gasteiger partial charge in [0.2, 0.25) is 0 Å². The van der Waals surface area contributed by atoms with Gasteiger partial charge in [0.15, 0.2) is 0 Å². The summed E-state index contributed by atoms with van der Waals surface area (Å²) in [6.45, 7) is 17.6. The van der Waals surface area contributed by atoms with E-state index in [0.29, 0.717) is 18.1 Å². The van der Waals surface area contributed by atoms with Crippen LogP contribution in [0.3, 0.4) is 0 Å². The van der Waals surface area contributed by atoms with Crippen LogP contribution in [-0.2, 0) is 4.74 Å². The molecule has 0 amide bonds. The van der Waals surface area contributed by atoms with E-state index < -0.39 is 0 Å². The highest BCUT2D eigenvalue weighted by Crippen LogP contribution is 2.20. The SMILES string of the molecule is CC1CN(CCNC(C)C(C)C)CC(C)(C)O1. The van der Waals surface area contributed by atoms with Crippen LogP contribution in [0.1, 0.15) is 41.5 Å². The molecule has 1 aliphatic heterocycles. The Bertz CT molecular complexity index is 228. The predicted molar refractivity (Wildman–Crippen MR) is 73.4 cm³/mol. The van der Waals surface area contributed by atoms with E-state index in [-0.39, 0.29) is 5.60 Å². The molecule has 3 heteroatoms. The third-order valence-corrected chi connectivity index (χ3v) is 3.53. The van der Waals surface area contributed by atoms with Crippen molar-refractivity contribution in [3.8, 4) is 0 Å². The molecule has 0 spiro atoms. The molecule has 1 rings (SSSR count). The summed E-state index contributed by atoms with van der Waals surface area (Å²) in [5, 5.41) is 3.59. The number of nitrogens with zero attached hydrogens (tertiary/aromatic N) is 1. The van der Waals surface area contributed by atoms with E-state index in [9.17, 15) is 0 Å². The number of nitrogens with one attached hydrogen (secondary N) is 1. The summed E-state index contributed by atoms with van der Waals surface area (Å²) < 4.78 is 5.91. The standard InChI is InChI=1S/C14H30N2O/c1-11(2)13(4)15-7-8-16-9-12(3)17-14(5,6)10-16/h11-13,15H,7-10H2,1-6H3. The Morgan fingerprint density at radius 1 is 1.35 bits per heavy atom. The fourth-order valence-electron chi connectivity index (χ4n) is 2.44. The maximum absolute atomic E-state index is 5.91. The normalized spacial score (nSPS) is 27.4. The minimum atomic E-state index is 0.00132. The van der Waals surface area contributed by atoms with E-state index in [1.165, 1.54) is 0 Å². The minimum Gasteiger partial charge on any atom is -0.370 e. The molecule has 17 heavy (non-hydrogen) atoms. The van der Waals surface area contributed by atoms with Gasteiger partial charge in [0.25, 0.3) is 0 Å². The highest BCUT2D eigenvalue weighted by atomic mass is 16.5. The molecule has 1 aliphatic rings. The number of hydrogen-bond donors (Lipinski definition) is 1. The maximum atomic E-state index is 5.91. The summed E-state index contributed by atoms with van der Waals surface area (Å²) in [5.41, 5.74) is 0.00132. The van der Waals surface area contributed by atoms with Crippen LogP contribution in [0, 0.1) is 5.92 Å². The summed E-state index contributed by atoms with van der Waals surface area (Å²) in [4.78, 5) is 2.51. The zero-order valence-electron chi connectivity index (χ0n) is 12.4. The topological polar surface area (TPSA) is 24.5 Å². The minimum absolute atomic E-state index is 0.00132. The molecule has 1 saturated heterocycles. The number of rotatable bonds is 5. The highest BCUT2D eigenvalue weighted by molar-refractivity contribution is 4.82. The summed E-state index contributed by atoms with van der Waals surface area (Å²) in [7, 11) is 0. The fraction of sp³-hybridized carbons (Fsp3) is 1.00. The van der Waals surface area contributed by atoms with Crippen LogP contribution in [0.2, 0.25) is 0 Å². The predicted octanol–water partition coefficient (Wildman–Crippen LogP) is 2.12. The van der Waals surface area contributed by atoms with E-state index in [2.05, 4.69) is 51.8 Å². The van der Waals surface area contributed by atoms with E-state index in [4.69, 9.17) is 4.74 Å². The van der Waals surface area contributed by atoms with Gasteiger partial charge < -0.3 is 10.1 Å². The Morgan fingerprint density at radius 2 is 2.00 bits per heavy atom. The Hall–Kier alpha value is -0.120. The van der Waals surface area contributed by atoms with Gasteiger partial charge in [0.1, 0.15) is 0 Å². The van der Waals surface area contributed by atoms with Crippen LogP contribution in [0.15, 0.2) is 0 Å². The molecule has 0 aromatic rings. The van der Waals surface area contributed by atoms with Crippen LogP contribution in [0.5, 0.6) is 0 Å². The first-order valence-corrected chi connectivity index (χ1v) is 6.94. The van der Waals surface area contributed by atoms with Crippen molar-refractivity contribution in [1.82, 2.24) is 10.2 Å². The largest absolute Gasteiger partial charge is 0.370 e. The smallest absolute Gasteiger partial charge is 0.0757 e. The van der Waals surface area contributed by atoms with Crippen molar-refractivity contribution in [2.75, 3.05) is 26.2 Å². The molecule has 1 N–H and O–H groups in total. The highest BCUT2D eigenvalue weighted by Gasteiger charge is 2.30. The summed E-state index contributed by atoms with van der Waals surface area (Å²) in [6, 6.07) is 0.599. The fourth-order valence-corrected chi connectivity index (χ4v) is 2.44. The van der Waals surface area contributed by atoms with E-state index in [1.807, 2.05) is 0 Å². The van der Waals surface area contributed by atoms with Gasteiger partial charge in [-0.3, -0.25) is 4.90 Å². The van der Waals surface area contributed by atoms with Gasteiger partial charge in [-0.15, -0.1) is 0 Å². The molecule has 3 nitrogen and oxygen atoms in total. The lowest BCUT2D eigenvalue weighted by Gasteiger charge is -2.42. The molecule has 2 unspecified atom stereocenters. The number of hydrogen-bond acceptors (Lipinski definition) is 3. The molecule has 0 aromatic heterocycles. The Labute approximate surface area is 107 Å². The first-order valence-electron chi connectivity index (χ1n) is 6.94. The second-order valence-electron chi connectivity index (χ2n) is 6.41. The maximum Gasteiger partial charge on any atom is 0.0757 e. The van der Waals surface area contributed by atoms with Crippen molar-refractivity contribution < 1.29 is 4.74 Å². The lowest BCUT2D eigenvalue weighted by molar-refractivity contribution is -0.128. The summed E-state index contributed by atoms with van der Waals surface area (Å²) >= 11 is 0. The summed E-state index contributed by atoms with van der Waals surface area (Å²) in [6.07, 6.45) is 0.348. The molecular formula is C14H30N2O. The number of morpholine rings is 1. The Morgan fingerprint density at radius 3 is 2.53 bits per heavy atom. The zero-order valence-corrected chi connectivity index (χ0v) is 12.4. The Kier molecular flexibility index (Phi) is 5.42. The van der Waals surface area contributed by atoms with Crippen molar-refractivity contribution in [2.24, 2.45) is 5.92 Å². The second-order valence-corrected chi connectivity index (χ2v) is 6.41. The quantitative estimate of drug-likeness (QED) is 0.799. The molecule has 1 fully saturated rings. The average Bonchev–Trinajstić information content (AvgIpc) is 2.13. The Balaban J connectivity index is 2.27. The van der Waals surface area contributed by atoms with Gasteiger partial charge in [-0.25, -0.2) is 0 Å². The van der Waals surface area contributed by atoms with Gasteiger partial charge in [0.05, 0.1) is 11.7 Å². The number of ether oxygens (including phenoxy) is 1. The monoisotopic (exact) mass is 242 g/mol. The molecule has 0 bridgehead atoms. The van der Waals surface area contributed by atoms with Crippen LogP contribution in [0.4, 0.5) is 0 Å². The van der Waals surface area contributed by atoms with Crippen molar-refractivity contribution in [3.63, 3.8) is 0 Å². The van der Waals surface area contributed by atoms with Crippen LogP contribution in [0.25, 0.3) is 0 Å². The third kappa shape index (κ3) is 5.36. The van der Waals surface area contributed by atoms with Gasteiger partial charge in [-0.2, -0.15) is 0 Å². The summed E-state index contributed by atoms with van der Waals surface area (Å²) in [5.74, 6) is 0.704. The van der Waals surface area contributed by atoms with Gasteiger partial charge in [-0.1, -0.05) is 13.8 Å². The molecule has 2 atom stereocenters. The van der Waals surface area contributed by atoms with Crippen molar-refractivity contribution in [2.45, 2.75) is 59.3 Å². The van der Waals surface area contributed by atoms with Crippen molar-refractivity contribution in [1.29, 1.82) is 0 Å². The third-order valence-electron chi connectivity index (χ3n) is 3.53. The molecule has 0 aromatic carbocycles. The molecule has 0 saturated carbocycles. The average molecular weight is 242 g/mol. The zero-order chi connectivity index (χ0) is 13.1. The van der Waals surface area contributed by atoms with E-state index in [1.54, 1.807) is 0 Å². The van der Waals surface area contributed by atoms with Gasteiger partial charge in [-0.05, 0) is 33.6 Å². The lowest BCUT2D eigenvalue weighted by Crippen LogP contribution is -2.53. The molecule has 102 valence electrons. The van der Waals surface area contributed by atoms with E-state index in [0.717, 1.165) is 26.2 Å². The first kappa shape index (κ1) is 14.9. The molecule has 0 aliphatic carbocycles. The molecule has 0 radical (unpaired) electrons. The van der Waals surface area contributed by atoms with Crippen molar-refractivity contribution >= 4 is 0 Å². The van der Waals surface area contributed by atoms with Crippen molar-refractivity contribution in [3.05, 3.63) is 0 Å². The first-order chi connectivity index (χ1) is 7.80. The van der Waals surface area contributed by atoms with Crippen LogP contribution < -0.4 is 5.32 Å². The second kappa shape index (κ2) is 6.17. The lowest BCUT2D eigenvalue weighted by atomic mass is 10.1. The van der Waals surface area contributed by atoms with Gasteiger partial charge in [0, 0.05) is 32.2 Å². The van der Waals surface area contributed by atoms with E-state index >= 15 is 0 Å².